The molecule has 0 aliphatic carbocycles. The molecule has 96 valence electrons. The van der Waals surface area contributed by atoms with Gasteiger partial charge in [-0.25, -0.2) is 9.37 Å². The van der Waals surface area contributed by atoms with Gasteiger partial charge in [0.15, 0.2) is 0 Å². The molecule has 0 fully saturated rings. The van der Waals surface area contributed by atoms with Crippen LogP contribution in [0.2, 0.25) is 0 Å². The third-order valence-corrected chi connectivity index (χ3v) is 4.48. The van der Waals surface area contributed by atoms with Gasteiger partial charge in [0.1, 0.15) is 5.82 Å². The van der Waals surface area contributed by atoms with Gasteiger partial charge in [-0.15, -0.1) is 23.1 Å². The van der Waals surface area contributed by atoms with E-state index in [4.69, 9.17) is 0 Å². The highest BCUT2D eigenvalue weighted by Gasteiger charge is 2.09. The van der Waals surface area contributed by atoms with Crippen molar-refractivity contribution in [3.8, 4) is 0 Å². The quantitative estimate of drug-likeness (QED) is 0.855. The molecule has 0 amide bonds. The third-order valence-electron chi connectivity index (χ3n) is 2.33. The van der Waals surface area contributed by atoms with E-state index < -0.39 is 6.10 Å². The number of aliphatic hydroxyl groups is 1. The Labute approximate surface area is 114 Å². The van der Waals surface area contributed by atoms with Crippen LogP contribution in [0.1, 0.15) is 10.7 Å². The number of aryl methyl sites for hydroxylation is 1. The Bertz CT molecular complexity index is 498. The molecule has 0 bridgehead atoms. The first-order valence-corrected chi connectivity index (χ1v) is 7.47. The number of halogens is 1. The van der Waals surface area contributed by atoms with E-state index in [1.165, 1.54) is 23.9 Å². The van der Waals surface area contributed by atoms with E-state index >= 15 is 0 Å². The number of hydrogen-bond acceptors (Lipinski definition) is 4. The van der Waals surface area contributed by atoms with Gasteiger partial charge in [-0.2, -0.15) is 0 Å². The van der Waals surface area contributed by atoms with Crippen molar-refractivity contribution in [2.45, 2.75) is 24.3 Å². The first kappa shape index (κ1) is 13.5. The Morgan fingerprint density at radius 1 is 1.39 bits per heavy atom. The van der Waals surface area contributed by atoms with Gasteiger partial charge in [0.05, 0.1) is 11.1 Å². The monoisotopic (exact) mass is 283 g/mol. The third kappa shape index (κ3) is 4.08. The smallest absolute Gasteiger partial charge is 0.123 e. The van der Waals surface area contributed by atoms with Gasteiger partial charge >= 0.3 is 0 Å². The van der Waals surface area contributed by atoms with E-state index in [2.05, 4.69) is 4.98 Å². The molecule has 0 aliphatic heterocycles. The first-order chi connectivity index (χ1) is 8.63. The van der Waals surface area contributed by atoms with E-state index in [-0.39, 0.29) is 5.82 Å². The van der Waals surface area contributed by atoms with Gasteiger partial charge in [-0.3, -0.25) is 0 Å². The van der Waals surface area contributed by atoms with E-state index in [1.807, 2.05) is 12.3 Å². The van der Waals surface area contributed by atoms with E-state index in [9.17, 15) is 9.50 Å². The summed E-state index contributed by atoms with van der Waals surface area (Å²) in [5, 5.41) is 12.8. The predicted octanol–water partition coefficient (Wildman–Crippen LogP) is 3.29. The molecule has 0 saturated heterocycles. The van der Waals surface area contributed by atoms with Gasteiger partial charge in [-0.05, 0) is 31.2 Å². The Kier molecular flexibility index (Phi) is 4.74. The van der Waals surface area contributed by atoms with Gasteiger partial charge in [-0.1, -0.05) is 0 Å². The molecule has 18 heavy (non-hydrogen) atoms. The fourth-order valence-corrected chi connectivity index (χ4v) is 3.16. The second-order valence-electron chi connectivity index (χ2n) is 4.01. The fourth-order valence-electron chi connectivity index (χ4n) is 1.48. The predicted molar refractivity (Wildman–Crippen MR) is 73.7 cm³/mol. The lowest BCUT2D eigenvalue weighted by Gasteiger charge is -2.08. The molecular formula is C13H14FNOS2. The van der Waals surface area contributed by atoms with Crippen molar-refractivity contribution < 1.29 is 9.50 Å². The zero-order valence-electron chi connectivity index (χ0n) is 9.97. The van der Waals surface area contributed by atoms with Crippen molar-refractivity contribution in [2.24, 2.45) is 0 Å². The Hall–Kier alpha value is -0.910. The molecule has 1 atom stereocenters. The van der Waals surface area contributed by atoms with Crippen LogP contribution >= 0.6 is 23.1 Å². The number of rotatable bonds is 5. The minimum atomic E-state index is -0.425. The SMILES string of the molecule is Cc1csc(CC(O)CSc2ccc(F)cc2)n1. The fraction of sp³-hybridized carbons (Fsp3) is 0.308. The number of nitrogens with zero attached hydrogens (tertiary/aromatic N) is 1. The van der Waals surface area contributed by atoms with Gasteiger partial charge in [0.25, 0.3) is 0 Å². The Morgan fingerprint density at radius 2 is 2.11 bits per heavy atom. The molecule has 1 unspecified atom stereocenters. The molecule has 2 rings (SSSR count). The summed E-state index contributed by atoms with van der Waals surface area (Å²) in [6, 6.07) is 6.30. The highest BCUT2D eigenvalue weighted by molar-refractivity contribution is 7.99. The molecule has 1 aromatic carbocycles. The lowest BCUT2D eigenvalue weighted by Crippen LogP contribution is -2.13. The van der Waals surface area contributed by atoms with E-state index in [0.29, 0.717) is 12.2 Å². The highest BCUT2D eigenvalue weighted by Crippen LogP contribution is 2.20. The average Bonchev–Trinajstić information content (AvgIpc) is 2.74. The summed E-state index contributed by atoms with van der Waals surface area (Å²) >= 11 is 3.10. The Balaban J connectivity index is 1.81. The van der Waals surface area contributed by atoms with Gasteiger partial charge in [0, 0.05) is 28.1 Å². The average molecular weight is 283 g/mol. The Morgan fingerprint density at radius 3 is 2.72 bits per heavy atom. The van der Waals surface area contributed by atoms with Crippen molar-refractivity contribution >= 4 is 23.1 Å². The van der Waals surface area contributed by atoms with Crippen LogP contribution in [0.5, 0.6) is 0 Å². The minimum Gasteiger partial charge on any atom is -0.392 e. The van der Waals surface area contributed by atoms with Crippen LogP contribution in [0.25, 0.3) is 0 Å². The van der Waals surface area contributed by atoms with Crippen LogP contribution in [-0.2, 0) is 6.42 Å². The molecule has 1 heterocycles. The van der Waals surface area contributed by atoms with Crippen LogP contribution in [0.3, 0.4) is 0 Å². The van der Waals surface area contributed by atoms with E-state index in [1.54, 1.807) is 23.5 Å². The zero-order chi connectivity index (χ0) is 13.0. The molecule has 0 aliphatic rings. The molecule has 1 aromatic heterocycles. The standard InChI is InChI=1S/C13H14FNOS2/c1-9-7-18-13(15-9)6-11(16)8-17-12-4-2-10(14)3-5-12/h2-5,7,11,16H,6,8H2,1H3. The molecule has 0 radical (unpaired) electrons. The summed E-state index contributed by atoms with van der Waals surface area (Å²) in [5.41, 5.74) is 0.994. The van der Waals surface area contributed by atoms with Crippen molar-refractivity contribution in [1.82, 2.24) is 4.98 Å². The first-order valence-electron chi connectivity index (χ1n) is 5.61. The molecule has 2 nitrogen and oxygen atoms in total. The lowest BCUT2D eigenvalue weighted by molar-refractivity contribution is 0.200. The highest BCUT2D eigenvalue weighted by atomic mass is 32.2. The van der Waals surface area contributed by atoms with Crippen LogP contribution in [-0.4, -0.2) is 21.9 Å². The largest absolute Gasteiger partial charge is 0.392 e. The molecular weight excluding hydrogens is 269 g/mol. The molecule has 1 N–H and O–H groups in total. The summed E-state index contributed by atoms with van der Waals surface area (Å²) in [6.45, 7) is 1.94. The number of aromatic nitrogens is 1. The summed E-state index contributed by atoms with van der Waals surface area (Å²) < 4.78 is 12.7. The second kappa shape index (κ2) is 6.31. The van der Waals surface area contributed by atoms with Crippen LogP contribution in [0.4, 0.5) is 4.39 Å². The van der Waals surface area contributed by atoms with Gasteiger partial charge in [0.2, 0.25) is 0 Å². The van der Waals surface area contributed by atoms with Crippen molar-refractivity contribution in [2.75, 3.05) is 5.75 Å². The maximum atomic E-state index is 12.7. The van der Waals surface area contributed by atoms with E-state index in [0.717, 1.165) is 15.6 Å². The molecule has 0 spiro atoms. The van der Waals surface area contributed by atoms with Crippen LogP contribution < -0.4 is 0 Å². The van der Waals surface area contributed by atoms with Gasteiger partial charge < -0.3 is 5.11 Å². The second-order valence-corrected chi connectivity index (χ2v) is 6.04. The maximum absolute atomic E-state index is 12.7. The summed E-state index contributed by atoms with van der Waals surface area (Å²) in [4.78, 5) is 5.28. The minimum absolute atomic E-state index is 0.238. The number of hydrogen-bond donors (Lipinski definition) is 1. The van der Waals surface area contributed by atoms with Crippen molar-refractivity contribution in [1.29, 1.82) is 0 Å². The topological polar surface area (TPSA) is 33.1 Å². The normalized spacial score (nSPS) is 12.6. The molecule has 2 aromatic rings. The maximum Gasteiger partial charge on any atom is 0.123 e. The number of thiazole rings is 1. The number of benzene rings is 1. The zero-order valence-corrected chi connectivity index (χ0v) is 11.6. The number of thioether (sulfide) groups is 1. The van der Waals surface area contributed by atoms with Crippen molar-refractivity contribution in [3.05, 3.63) is 46.2 Å². The molecule has 5 heteroatoms. The van der Waals surface area contributed by atoms with Crippen LogP contribution in [0.15, 0.2) is 34.5 Å². The summed E-state index contributed by atoms with van der Waals surface area (Å²) in [7, 11) is 0. The number of aliphatic hydroxyl groups excluding tert-OH is 1. The van der Waals surface area contributed by atoms with Crippen molar-refractivity contribution in [3.63, 3.8) is 0 Å². The summed E-state index contributed by atoms with van der Waals surface area (Å²) in [5.74, 6) is 0.350. The lowest BCUT2D eigenvalue weighted by atomic mass is 10.3. The van der Waals surface area contributed by atoms with Crippen LogP contribution in [0, 0.1) is 12.7 Å². The summed E-state index contributed by atoms with van der Waals surface area (Å²) in [6.07, 6.45) is 0.151. The molecule has 0 saturated carbocycles.